The molecule has 2 aromatic carbocycles. The van der Waals surface area contributed by atoms with Gasteiger partial charge in [-0.25, -0.2) is 4.79 Å². The summed E-state index contributed by atoms with van der Waals surface area (Å²) in [6.07, 6.45) is 0.176. The highest BCUT2D eigenvalue weighted by Gasteiger charge is 2.00. The first-order valence-electron chi connectivity index (χ1n) is 7.66. The maximum Gasteiger partial charge on any atom is 0.407 e. The van der Waals surface area contributed by atoms with Crippen molar-refractivity contribution in [2.24, 2.45) is 0 Å². The molecule has 0 saturated carbocycles. The van der Waals surface area contributed by atoms with Gasteiger partial charge in [0.2, 0.25) is 0 Å². The van der Waals surface area contributed by atoms with E-state index in [2.05, 4.69) is 43.1 Å². The van der Waals surface area contributed by atoms with E-state index in [4.69, 9.17) is 4.74 Å². The van der Waals surface area contributed by atoms with E-state index in [0.29, 0.717) is 13.0 Å². The molecule has 0 heterocycles. The maximum atomic E-state index is 11.6. The van der Waals surface area contributed by atoms with Gasteiger partial charge in [0.1, 0.15) is 6.61 Å². The third kappa shape index (κ3) is 5.88. The van der Waals surface area contributed by atoms with Gasteiger partial charge in [-0.15, -0.1) is 0 Å². The number of benzene rings is 2. The number of amides is 1. The van der Waals surface area contributed by atoms with Crippen LogP contribution in [-0.2, 0) is 11.3 Å². The van der Waals surface area contributed by atoms with Gasteiger partial charge in [0, 0.05) is 18.5 Å². The number of ether oxygens (including phenoxy) is 1. The molecule has 0 aliphatic carbocycles. The number of carbonyl (C=O) groups excluding carboxylic acids is 1. The standard InChI is InChI=1S/C20H21NO2/c1-16-11-12-19(17(2)14-16)10-6-7-13-21-20(22)23-15-18-8-4-3-5-9-18/h3-5,8-9,11-12,14H,7,13,15H2,1-2H3,(H,21,22). The minimum atomic E-state index is -0.415. The minimum absolute atomic E-state index is 0.279. The lowest BCUT2D eigenvalue weighted by molar-refractivity contribution is 0.140. The normalized spacial score (nSPS) is 9.65. The Labute approximate surface area is 137 Å². The Hall–Kier alpha value is -2.73. The molecule has 0 atom stereocenters. The molecule has 3 nitrogen and oxygen atoms in total. The van der Waals surface area contributed by atoms with Crippen LogP contribution in [0.5, 0.6) is 0 Å². The van der Waals surface area contributed by atoms with Crippen molar-refractivity contribution in [2.45, 2.75) is 26.9 Å². The zero-order valence-corrected chi connectivity index (χ0v) is 13.6. The summed E-state index contributed by atoms with van der Waals surface area (Å²) in [4.78, 5) is 11.6. The van der Waals surface area contributed by atoms with Gasteiger partial charge in [-0.05, 0) is 31.0 Å². The highest BCUT2D eigenvalue weighted by Crippen LogP contribution is 2.08. The molecular weight excluding hydrogens is 286 g/mol. The van der Waals surface area contributed by atoms with Gasteiger partial charge in [0.05, 0.1) is 0 Å². The fourth-order valence-electron chi connectivity index (χ4n) is 2.11. The molecule has 1 N–H and O–H groups in total. The van der Waals surface area contributed by atoms with E-state index in [-0.39, 0.29) is 6.61 Å². The van der Waals surface area contributed by atoms with E-state index < -0.39 is 6.09 Å². The molecule has 0 aliphatic rings. The topological polar surface area (TPSA) is 38.3 Å². The van der Waals surface area contributed by atoms with Gasteiger partial charge >= 0.3 is 6.09 Å². The van der Waals surface area contributed by atoms with Crippen LogP contribution in [0.2, 0.25) is 0 Å². The van der Waals surface area contributed by atoms with E-state index in [1.807, 2.05) is 36.4 Å². The number of hydrogen-bond donors (Lipinski definition) is 1. The largest absolute Gasteiger partial charge is 0.445 e. The van der Waals surface area contributed by atoms with Crippen LogP contribution in [0.1, 0.15) is 28.7 Å². The Morgan fingerprint density at radius 1 is 1.13 bits per heavy atom. The quantitative estimate of drug-likeness (QED) is 0.685. The van der Waals surface area contributed by atoms with E-state index in [1.165, 1.54) is 11.1 Å². The maximum absolute atomic E-state index is 11.6. The Kier molecular flexibility index (Phi) is 6.26. The first kappa shape index (κ1) is 16.6. The van der Waals surface area contributed by atoms with Crippen molar-refractivity contribution in [3.05, 3.63) is 70.8 Å². The summed E-state index contributed by atoms with van der Waals surface area (Å²) < 4.78 is 5.13. The summed E-state index contributed by atoms with van der Waals surface area (Å²) in [6.45, 7) is 4.87. The lowest BCUT2D eigenvalue weighted by atomic mass is 10.1. The Morgan fingerprint density at radius 3 is 2.65 bits per heavy atom. The van der Waals surface area contributed by atoms with Gasteiger partial charge in [0.15, 0.2) is 0 Å². The van der Waals surface area contributed by atoms with Crippen LogP contribution >= 0.6 is 0 Å². The van der Waals surface area contributed by atoms with Crippen LogP contribution in [0.15, 0.2) is 48.5 Å². The predicted octanol–water partition coefficient (Wildman–Crippen LogP) is 3.97. The summed E-state index contributed by atoms with van der Waals surface area (Å²) in [5, 5.41) is 2.70. The molecule has 0 unspecified atom stereocenters. The zero-order chi connectivity index (χ0) is 16.5. The molecule has 2 rings (SSSR count). The van der Waals surface area contributed by atoms with E-state index >= 15 is 0 Å². The smallest absolute Gasteiger partial charge is 0.407 e. The average molecular weight is 307 g/mol. The highest BCUT2D eigenvalue weighted by molar-refractivity contribution is 5.67. The molecule has 1 amide bonds. The first-order chi connectivity index (χ1) is 11.1. The van der Waals surface area contributed by atoms with Crippen molar-refractivity contribution in [1.29, 1.82) is 0 Å². The molecule has 118 valence electrons. The van der Waals surface area contributed by atoms with Gasteiger partial charge in [-0.1, -0.05) is 59.9 Å². The third-order valence-corrected chi connectivity index (χ3v) is 3.34. The molecule has 0 aliphatic heterocycles. The van der Waals surface area contributed by atoms with Crippen LogP contribution < -0.4 is 5.32 Å². The lowest BCUT2D eigenvalue weighted by Gasteiger charge is -2.05. The summed E-state index contributed by atoms with van der Waals surface area (Å²) >= 11 is 0. The second-order valence-corrected chi connectivity index (χ2v) is 5.36. The van der Waals surface area contributed by atoms with Crippen molar-refractivity contribution in [1.82, 2.24) is 5.32 Å². The van der Waals surface area contributed by atoms with E-state index in [9.17, 15) is 4.79 Å². The van der Waals surface area contributed by atoms with Gasteiger partial charge in [-0.3, -0.25) is 0 Å². The molecule has 0 radical (unpaired) electrons. The van der Waals surface area contributed by atoms with Crippen molar-refractivity contribution in [3.63, 3.8) is 0 Å². The molecule has 0 spiro atoms. The number of nitrogens with one attached hydrogen (secondary N) is 1. The van der Waals surface area contributed by atoms with Crippen LogP contribution in [0.4, 0.5) is 4.79 Å². The van der Waals surface area contributed by atoms with Crippen LogP contribution in [-0.4, -0.2) is 12.6 Å². The molecule has 0 saturated heterocycles. The van der Waals surface area contributed by atoms with Crippen molar-refractivity contribution >= 4 is 6.09 Å². The fraction of sp³-hybridized carbons (Fsp3) is 0.250. The summed E-state index contributed by atoms with van der Waals surface area (Å²) in [5.41, 5.74) is 4.41. The van der Waals surface area contributed by atoms with E-state index in [1.54, 1.807) is 0 Å². The van der Waals surface area contributed by atoms with Crippen molar-refractivity contribution in [2.75, 3.05) is 6.54 Å². The van der Waals surface area contributed by atoms with Crippen molar-refractivity contribution < 1.29 is 9.53 Å². The average Bonchev–Trinajstić information content (AvgIpc) is 2.55. The fourth-order valence-corrected chi connectivity index (χ4v) is 2.11. The molecule has 0 fully saturated rings. The summed E-state index contributed by atoms with van der Waals surface area (Å²) in [7, 11) is 0. The van der Waals surface area contributed by atoms with Gasteiger partial charge in [-0.2, -0.15) is 0 Å². The predicted molar refractivity (Wildman–Crippen MR) is 92.0 cm³/mol. The Balaban J connectivity index is 1.69. The SMILES string of the molecule is Cc1ccc(C#CCCNC(=O)OCc2ccccc2)c(C)c1. The van der Waals surface area contributed by atoms with Gasteiger partial charge in [0.25, 0.3) is 0 Å². The number of rotatable bonds is 4. The molecule has 0 bridgehead atoms. The monoisotopic (exact) mass is 307 g/mol. The summed E-state index contributed by atoms with van der Waals surface area (Å²) in [5.74, 6) is 6.20. The Morgan fingerprint density at radius 2 is 1.91 bits per heavy atom. The van der Waals surface area contributed by atoms with Crippen LogP contribution in [0.25, 0.3) is 0 Å². The number of hydrogen-bond acceptors (Lipinski definition) is 2. The zero-order valence-electron chi connectivity index (χ0n) is 13.6. The summed E-state index contributed by atoms with van der Waals surface area (Å²) in [6, 6.07) is 15.8. The number of alkyl carbamates (subject to hydrolysis) is 1. The molecular formula is C20H21NO2. The number of aryl methyl sites for hydroxylation is 2. The third-order valence-electron chi connectivity index (χ3n) is 3.34. The van der Waals surface area contributed by atoms with Crippen molar-refractivity contribution in [3.8, 4) is 11.8 Å². The second-order valence-electron chi connectivity index (χ2n) is 5.36. The lowest BCUT2D eigenvalue weighted by Crippen LogP contribution is -2.24. The molecule has 3 heteroatoms. The number of carbonyl (C=O) groups is 1. The van der Waals surface area contributed by atoms with Gasteiger partial charge < -0.3 is 10.1 Å². The van der Waals surface area contributed by atoms with Crippen LogP contribution in [0, 0.1) is 25.7 Å². The molecule has 23 heavy (non-hydrogen) atoms. The van der Waals surface area contributed by atoms with Crippen LogP contribution in [0.3, 0.4) is 0 Å². The molecule has 0 aromatic heterocycles. The first-order valence-corrected chi connectivity index (χ1v) is 7.66. The minimum Gasteiger partial charge on any atom is -0.445 e. The Bertz CT molecular complexity index is 711. The molecule has 2 aromatic rings. The van der Waals surface area contributed by atoms with E-state index in [0.717, 1.165) is 11.1 Å². The highest BCUT2D eigenvalue weighted by atomic mass is 16.5. The second kappa shape index (κ2) is 8.65.